The summed E-state index contributed by atoms with van der Waals surface area (Å²) in [6.45, 7) is 18.7. The van der Waals surface area contributed by atoms with Crippen molar-refractivity contribution in [3.63, 3.8) is 0 Å². The first-order valence-electron chi connectivity index (χ1n) is 7.93. The van der Waals surface area contributed by atoms with Crippen molar-refractivity contribution >= 4 is 5.91 Å². The highest BCUT2D eigenvalue weighted by Crippen LogP contribution is 2.33. The van der Waals surface area contributed by atoms with Crippen LogP contribution >= 0.6 is 0 Å². The summed E-state index contributed by atoms with van der Waals surface area (Å²) in [7, 11) is 0. The lowest BCUT2D eigenvalue weighted by molar-refractivity contribution is -0.148. The lowest BCUT2D eigenvalue weighted by Gasteiger charge is -2.35. The maximum absolute atomic E-state index is 11.9. The molecule has 20 heavy (non-hydrogen) atoms. The fourth-order valence-corrected chi connectivity index (χ4v) is 2.88. The van der Waals surface area contributed by atoms with E-state index in [1.807, 2.05) is 18.7 Å². The third-order valence-corrected chi connectivity index (χ3v) is 3.25. The van der Waals surface area contributed by atoms with Crippen LogP contribution in [0.1, 0.15) is 74.7 Å². The van der Waals surface area contributed by atoms with Crippen LogP contribution in [0.2, 0.25) is 0 Å². The SMILES string of the molecule is CCCN(C(=O)CC)C(C)OCC(C)(C)CC(C)(C)C. The van der Waals surface area contributed by atoms with E-state index >= 15 is 0 Å². The van der Waals surface area contributed by atoms with Gasteiger partial charge in [0.2, 0.25) is 5.91 Å². The lowest BCUT2D eigenvalue weighted by Crippen LogP contribution is -2.42. The molecule has 3 nitrogen and oxygen atoms in total. The van der Waals surface area contributed by atoms with Crippen LogP contribution in [0.25, 0.3) is 0 Å². The summed E-state index contributed by atoms with van der Waals surface area (Å²) < 4.78 is 6.00. The summed E-state index contributed by atoms with van der Waals surface area (Å²) in [5.41, 5.74) is 0.415. The average molecular weight is 285 g/mol. The summed E-state index contributed by atoms with van der Waals surface area (Å²) in [5.74, 6) is 0.174. The van der Waals surface area contributed by atoms with Gasteiger partial charge in [0.05, 0.1) is 6.61 Å². The van der Waals surface area contributed by atoms with Crippen molar-refractivity contribution in [2.75, 3.05) is 13.2 Å². The van der Waals surface area contributed by atoms with E-state index in [4.69, 9.17) is 4.74 Å². The van der Waals surface area contributed by atoms with Gasteiger partial charge in [-0.2, -0.15) is 0 Å². The average Bonchev–Trinajstić information content (AvgIpc) is 2.29. The van der Waals surface area contributed by atoms with Gasteiger partial charge in [-0.05, 0) is 30.6 Å². The maximum atomic E-state index is 11.9. The zero-order valence-electron chi connectivity index (χ0n) is 14.9. The Morgan fingerprint density at radius 2 is 1.70 bits per heavy atom. The fourth-order valence-electron chi connectivity index (χ4n) is 2.88. The van der Waals surface area contributed by atoms with Crippen molar-refractivity contribution in [2.45, 2.75) is 80.9 Å². The molecule has 0 saturated carbocycles. The predicted molar refractivity (Wildman–Crippen MR) is 85.6 cm³/mol. The molecule has 0 saturated heterocycles. The van der Waals surface area contributed by atoms with E-state index in [1.54, 1.807) is 0 Å². The molecule has 0 rings (SSSR count). The van der Waals surface area contributed by atoms with Gasteiger partial charge in [0.25, 0.3) is 0 Å². The molecule has 0 fully saturated rings. The molecule has 0 bridgehead atoms. The third kappa shape index (κ3) is 7.88. The summed E-state index contributed by atoms with van der Waals surface area (Å²) >= 11 is 0. The number of nitrogens with zero attached hydrogens (tertiary/aromatic N) is 1. The van der Waals surface area contributed by atoms with E-state index in [9.17, 15) is 4.79 Å². The Balaban J connectivity index is 4.50. The Hall–Kier alpha value is -0.570. The van der Waals surface area contributed by atoms with Crippen LogP contribution in [0, 0.1) is 10.8 Å². The minimum Gasteiger partial charge on any atom is -0.358 e. The van der Waals surface area contributed by atoms with Crippen LogP contribution in [0.4, 0.5) is 0 Å². The Bertz CT molecular complexity index is 292. The molecule has 3 heteroatoms. The minimum atomic E-state index is -0.137. The second kappa shape index (κ2) is 8.02. The topological polar surface area (TPSA) is 29.5 Å². The van der Waals surface area contributed by atoms with Crippen LogP contribution in [-0.4, -0.2) is 30.2 Å². The number of hydrogen-bond acceptors (Lipinski definition) is 2. The van der Waals surface area contributed by atoms with Crippen molar-refractivity contribution in [3.8, 4) is 0 Å². The number of ether oxygens (including phenoxy) is 1. The van der Waals surface area contributed by atoms with Crippen LogP contribution in [-0.2, 0) is 9.53 Å². The van der Waals surface area contributed by atoms with Crippen molar-refractivity contribution in [2.24, 2.45) is 10.8 Å². The van der Waals surface area contributed by atoms with Crippen molar-refractivity contribution in [1.29, 1.82) is 0 Å². The van der Waals surface area contributed by atoms with Gasteiger partial charge in [0.15, 0.2) is 0 Å². The summed E-state index contributed by atoms with van der Waals surface area (Å²) in [6.07, 6.45) is 2.47. The van der Waals surface area contributed by atoms with Crippen molar-refractivity contribution in [3.05, 3.63) is 0 Å². The minimum absolute atomic E-state index is 0.125. The number of rotatable bonds is 8. The first kappa shape index (κ1) is 19.4. The van der Waals surface area contributed by atoms with Gasteiger partial charge in [-0.25, -0.2) is 0 Å². The molecular weight excluding hydrogens is 250 g/mol. The molecule has 120 valence electrons. The Labute approximate surface area is 126 Å². The number of amides is 1. The van der Waals surface area contributed by atoms with Gasteiger partial charge in [0, 0.05) is 13.0 Å². The molecule has 0 aromatic heterocycles. The molecule has 0 aliphatic rings. The number of carbonyl (C=O) groups excluding carboxylic acids is 1. The molecule has 0 N–H and O–H groups in total. The number of hydrogen-bond donors (Lipinski definition) is 0. The largest absolute Gasteiger partial charge is 0.358 e. The molecular formula is C17H35NO2. The fraction of sp³-hybridized carbons (Fsp3) is 0.941. The number of carbonyl (C=O) groups is 1. The highest BCUT2D eigenvalue weighted by molar-refractivity contribution is 5.75. The van der Waals surface area contributed by atoms with Gasteiger partial charge in [-0.3, -0.25) is 4.79 Å². The molecule has 0 spiro atoms. The summed E-state index contributed by atoms with van der Waals surface area (Å²) in [6, 6.07) is 0. The highest BCUT2D eigenvalue weighted by atomic mass is 16.5. The van der Waals surface area contributed by atoms with E-state index in [1.165, 1.54) is 0 Å². The first-order valence-corrected chi connectivity index (χ1v) is 7.93. The molecule has 1 amide bonds. The smallest absolute Gasteiger partial charge is 0.224 e. The van der Waals surface area contributed by atoms with E-state index in [-0.39, 0.29) is 17.6 Å². The monoisotopic (exact) mass is 285 g/mol. The zero-order valence-corrected chi connectivity index (χ0v) is 14.9. The molecule has 0 aromatic rings. The molecule has 0 radical (unpaired) electrons. The second-order valence-corrected chi connectivity index (χ2v) is 7.75. The van der Waals surface area contributed by atoms with E-state index in [2.05, 4.69) is 41.5 Å². The van der Waals surface area contributed by atoms with Gasteiger partial charge in [-0.15, -0.1) is 0 Å². The third-order valence-electron chi connectivity index (χ3n) is 3.25. The van der Waals surface area contributed by atoms with Gasteiger partial charge in [0.1, 0.15) is 6.23 Å². The maximum Gasteiger partial charge on any atom is 0.224 e. The quantitative estimate of drug-likeness (QED) is 0.616. The normalized spacial score (nSPS) is 14.2. The van der Waals surface area contributed by atoms with Crippen molar-refractivity contribution < 1.29 is 9.53 Å². The van der Waals surface area contributed by atoms with E-state index < -0.39 is 0 Å². The highest BCUT2D eigenvalue weighted by Gasteiger charge is 2.27. The molecule has 0 aliphatic heterocycles. The molecule has 0 aromatic carbocycles. The Morgan fingerprint density at radius 1 is 1.15 bits per heavy atom. The Morgan fingerprint density at radius 3 is 2.10 bits per heavy atom. The molecule has 0 heterocycles. The second-order valence-electron chi connectivity index (χ2n) is 7.75. The summed E-state index contributed by atoms with van der Waals surface area (Å²) in [5, 5.41) is 0. The van der Waals surface area contributed by atoms with Gasteiger partial charge in [-0.1, -0.05) is 48.5 Å². The molecule has 1 atom stereocenters. The van der Waals surface area contributed by atoms with Crippen LogP contribution in [0.3, 0.4) is 0 Å². The predicted octanol–water partition coefficient (Wildman–Crippen LogP) is 4.46. The van der Waals surface area contributed by atoms with Crippen molar-refractivity contribution in [1.82, 2.24) is 4.90 Å². The molecule has 0 aliphatic carbocycles. The van der Waals surface area contributed by atoms with Crippen LogP contribution in [0.15, 0.2) is 0 Å². The van der Waals surface area contributed by atoms with Gasteiger partial charge < -0.3 is 9.64 Å². The first-order chi connectivity index (χ1) is 9.02. The van der Waals surface area contributed by atoms with Crippen LogP contribution < -0.4 is 0 Å². The molecule has 1 unspecified atom stereocenters. The Kier molecular flexibility index (Phi) is 7.79. The zero-order chi connectivity index (χ0) is 16.0. The van der Waals surface area contributed by atoms with E-state index in [0.717, 1.165) is 19.4 Å². The van der Waals surface area contributed by atoms with E-state index in [0.29, 0.717) is 18.4 Å². The lowest BCUT2D eigenvalue weighted by atomic mass is 9.77. The van der Waals surface area contributed by atoms with Gasteiger partial charge >= 0.3 is 0 Å². The van der Waals surface area contributed by atoms with Crippen LogP contribution in [0.5, 0.6) is 0 Å². The standard InChI is InChI=1S/C17H35NO2/c1-9-11-18(15(19)10-2)14(3)20-13-17(7,8)12-16(4,5)6/h14H,9-13H2,1-8H3. The summed E-state index contributed by atoms with van der Waals surface area (Å²) in [4.78, 5) is 13.8.